The van der Waals surface area contributed by atoms with E-state index in [1.165, 1.54) is 21.3 Å². The number of halogens is 2. The summed E-state index contributed by atoms with van der Waals surface area (Å²) in [4.78, 5) is 14.7. The number of benzene rings is 2. The summed E-state index contributed by atoms with van der Waals surface area (Å²) in [6.45, 7) is 4.30. The molecule has 0 saturated heterocycles. The van der Waals surface area contributed by atoms with Gasteiger partial charge in [-0.15, -0.1) is 6.58 Å². The standard InChI is InChI=1S/C22H25Cl2NO4/c1-6-7-15(14-8-9-17(23)18(24)10-14)13-25(2)22(26)16-11-19(27-3)21(29-5)20(12-16)28-4/h6,8-12,15H,1,7,13H2,2-5H3. The van der Waals surface area contributed by atoms with Gasteiger partial charge in [0.15, 0.2) is 11.5 Å². The first-order valence-electron chi connectivity index (χ1n) is 8.97. The van der Waals surface area contributed by atoms with Gasteiger partial charge in [0.05, 0.1) is 31.4 Å². The van der Waals surface area contributed by atoms with Crippen molar-refractivity contribution >= 4 is 29.1 Å². The maximum Gasteiger partial charge on any atom is 0.253 e. The highest BCUT2D eigenvalue weighted by molar-refractivity contribution is 6.42. The van der Waals surface area contributed by atoms with Crippen LogP contribution < -0.4 is 14.2 Å². The van der Waals surface area contributed by atoms with Gasteiger partial charge in [-0.3, -0.25) is 4.79 Å². The summed E-state index contributed by atoms with van der Waals surface area (Å²) in [5.74, 6) is 1.15. The van der Waals surface area contributed by atoms with Crippen LogP contribution in [-0.4, -0.2) is 45.7 Å². The molecule has 0 heterocycles. The Morgan fingerprint density at radius 2 is 1.69 bits per heavy atom. The number of hydrogen-bond donors (Lipinski definition) is 0. The Morgan fingerprint density at radius 3 is 2.17 bits per heavy atom. The molecule has 5 nitrogen and oxygen atoms in total. The lowest BCUT2D eigenvalue weighted by Gasteiger charge is -2.25. The van der Waals surface area contributed by atoms with Gasteiger partial charge in [0.25, 0.3) is 5.91 Å². The normalized spacial score (nSPS) is 11.5. The van der Waals surface area contributed by atoms with E-state index in [4.69, 9.17) is 37.4 Å². The number of likely N-dealkylation sites (N-methyl/N-ethyl adjacent to an activating group) is 1. The summed E-state index contributed by atoms with van der Waals surface area (Å²) in [6.07, 6.45) is 2.51. The Kier molecular flexibility index (Phi) is 8.23. The molecule has 0 N–H and O–H groups in total. The number of carbonyl (C=O) groups excluding carboxylic acids is 1. The first-order chi connectivity index (χ1) is 13.9. The highest BCUT2D eigenvalue weighted by Gasteiger charge is 2.22. The molecule has 1 unspecified atom stereocenters. The lowest BCUT2D eigenvalue weighted by Crippen LogP contribution is -2.31. The summed E-state index contributed by atoms with van der Waals surface area (Å²) in [6, 6.07) is 8.79. The smallest absolute Gasteiger partial charge is 0.253 e. The molecule has 0 aliphatic heterocycles. The van der Waals surface area contributed by atoms with Crippen molar-refractivity contribution in [2.75, 3.05) is 34.9 Å². The maximum atomic E-state index is 13.1. The molecule has 7 heteroatoms. The molecule has 0 aliphatic carbocycles. The van der Waals surface area contributed by atoms with E-state index < -0.39 is 0 Å². The Morgan fingerprint density at radius 1 is 1.07 bits per heavy atom. The molecule has 29 heavy (non-hydrogen) atoms. The minimum absolute atomic E-state index is 0.0262. The van der Waals surface area contributed by atoms with Crippen molar-refractivity contribution in [1.29, 1.82) is 0 Å². The minimum atomic E-state index is -0.168. The van der Waals surface area contributed by atoms with Crippen LogP contribution in [0.3, 0.4) is 0 Å². The largest absolute Gasteiger partial charge is 0.493 e. The highest BCUT2D eigenvalue weighted by atomic mass is 35.5. The number of amides is 1. The average molecular weight is 438 g/mol. The lowest BCUT2D eigenvalue weighted by molar-refractivity contribution is 0.0785. The number of methoxy groups -OCH3 is 3. The van der Waals surface area contributed by atoms with Gasteiger partial charge in [-0.05, 0) is 36.2 Å². The van der Waals surface area contributed by atoms with Gasteiger partial charge in [0.2, 0.25) is 5.75 Å². The van der Waals surface area contributed by atoms with Crippen LogP contribution in [0.1, 0.15) is 28.3 Å². The zero-order chi connectivity index (χ0) is 21.6. The molecule has 0 saturated carbocycles. The van der Waals surface area contributed by atoms with Crippen molar-refractivity contribution in [3.63, 3.8) is 0 Å². The van der Waals surface area contributed by atoms with Crippen LogP contribution in [0.5, 0.6) is 17.2 Å². The molecule has 156 valence electrons. The van der Waals surface area contributed by atoms with Crippen molar-refractivity contribution < 1.29 is 19.0 Å². The summed E-state index contributed by atoms with van der Waals surface area (Å²) >= 11 is 12.2. The van der Waals surface area contributed by atoms with E-state index in [2.05, 4.69) is 6.58 Å². The van der Waals surface area contributed by atoms with Crippen LogP contribution in [0, 0.1) is 0 Å². The van der Waals surface area contributed by atoms with Gasteiger partial charge in [-0.2, -0.15) is 0 Å². The van der Waals surface area contributed by atoms with Gasteiger partial charge in [-0.25, -0.2) is 0 Å². The number of rotatable bonds is 9. The zero-order valence-electron chi connectivity index (χ0n) is 17.0. The average Bonchev–Trinajstić information content (AvgIpc) is 2.73. The third-order valence-electron chi connectivity index (χ3n) is 4.62. The monoisotopic (exact) mass is 437 g/mol. The van der Waals surface area contributed by atoms with E-state index in [0.717, 1.165) is 5.56 Å². The SMILES string of the molecule is C=CCC(CN(C)C(=O)c1cc(OC)c(OC)c(OC)c1)c1ccc(Cl)c(Cl)c1. The molecule has 0 spiro atoms. The summed E-state index contributed by atoms with van der Waals surface area (Å²) in [5.41, 5.74) is 1.43. The van der Waals surface area contributed by atoms with Crippen LogP contribution in [0.15, 0.2) is 43.0 Å². The van der Waals surface area contributed by atoms with Crippen LogP contribution in [0.4, 0.5) is 0 Å². The van der Waals surface area contributed by atoms with E-state index in [9.17, 15) is 4.79 Å². The molecule has 0 bridgehead atoms. The van der Waals surface area contributed by atoms with Crippen LogP contribution in [0.25, 0.3) is 0 Å². The molecular formula is C22H25Cl2NO4. The molecule has 0 aromatic heterocycles. The van der Waals surface area contributed by atoms with E-state index >= 15 is 0 Å². The maximum absolute atomic E-state index is 13.1. The van der Waals surface area contributed by atoms with Gasteiger partial charge in [-0.1, -0.05) is 35.3 Å². The topological polar surface area (TPSA) is 48.0 Å². The second-order valence-electron chi connectivity index (χ2n) is 6.49. The molecule has 2 aromatic rings. The molecule has 0 fully saturated rings. The van der Waals surface area contributed by atoms with Crippen molar-refractivity contribution in [3.8, 4) is 17.2 Å². The van der Waals surface area contributed by atoms with Crippen LogP contribution in [0.2, 0.25) is 10.0 Å². The molecule has 2 aromatic carbocycles. The second-order valence-corrected chi connectivity index (χ2v) is 7.31. The van der Waals surface area contributed by atoms with E-state index in [-0.39, 0.29) is 11.8 Å². The Labute approximate surface area is 181 Å². The van der Waals surface area contributed by atoms with Gasteiger partial charge < -0.3 is 19.1 Å². The second kappa shape index (κ2) is 10.4. The zero-order valence-corrected chi connectivity index (χ0v) is 18.5. The third kappa shape index (κ3) is 5.37. The first-order valence-corrected chi connectivity index (χ1v) is 9.73. The van der Waals surface area contributed by atoms with E-state index in [1.807, 2.05) is 18.2 Å². The predicted molar refractivity (Wildman–Crippen MR) is 117 cm³/mol. The fraction of sp³-hybridized carbons (Fsp3) is 0.318. The molecule has 1 amide bonds. The van der Waals surface area contributed by atoms with Crippen molar-refractivity contribution in [2.45, 2.75) is 12.3 Å². The number of nitrogens with zero attached hydrogens (tertiary/aromatic N) is 1. The van der Waals surface area contributed by atoms with Crippen molar-refractivity contribution in [3.05, 3.63) is 64.2 Å². The summed E-state index contributed by atoms with van der Waals surface area (Å²) < 4.78 is 16.0. The Hall–Kier alpha value is -2.37. The number of allylic oxidation sites excluding steroid dienone is 1. The Bertz CT molecular complexity index is 860. The third-order valence-corrected chi connectivity index (χ3v) is 5.36. The Balaban J connectivity index is 2.30. The van der Waals surface area contributed by atoms with E-state index in [0.29, 0.717) is 45.8 Å². The summed E-state index contributed by atoms with van der Waals surface area (Å²) in [5, 5.41) is 0.978. The lowest BCUT2D eigenvalue weighted by atomic mass is 9.95. The minimum Gasteiger partial charge on any atom is -0.493 e. The number of carbonyl (C=O) groups is 1. The molecular weight excluding hydrogens is 413 g/mol. The quantitative estimate of drug-likeness (QED) is 0.489. The van der Waals surface area contributed by atoms with Crippen LogP contribution in [-0.2, 0) is 0 Å². The van der Waals surface area contributed by atoms with Crippen molar-refractivity contribution in [1.82, 2.24) is 4.90 Å². The summed E-state index contributed by atoms with van der Waals surface area (Å²) in [7, 11) is 6.30. The van der Waals surface area contributed by atoms with Crippen LogP contribution >= 0.6 is 23.2 Å². The molecule has 0 radical (unpaired) electrons. The molecule has 0 aliphatic rings. The first kappa shape index (κ1) is 22.9. The van der Waals surface area contributed by atoms with E-state index in [1.54, 1.807) is 30.1 Å². The van der Waals surface area contributed by atoms with Gasteiger partial charge in [0.1, 0.15) is 0 Å². The molecule has 2 rings (SSSR count). The van der Waals surface area contributed by atoms with Crippen molar-refractivity contribution in [2.24, 2.45) is 0 Å². The predicted octanol–water partition coefficient (Wildman–Crippen LogP) is 5.45. The fourth-order valence-corrected chi connectivity index (χ4v) is 3.43. The van der Waals surface area contributed by atoms with Gasteiger partial charge in [0, 0.05) is 25.1 Å². The number of hydrogen-bond acceptors (Lipinski definition) is 4. The highest BCUT2D eigenvalue weighted by Crippen LogP contribution is 2.38. The molecule has 1 atom stereocenters. The van der Waals surface area contributed by atoms with Gasteiger partial charge >= 0.3 is 0 Å². The fourth-order valence-electron chi connectivity index (χ4n) is 3.12. The number of ether oxygens (including phenoxy) is 3.